The van der Waals surface area contributed by atoms with Crippen molar-refractivity contribution in [3.05, 3.63) is 34.9 Å². The molecule has 0 spiro atoms. The van der Waals surface area contributed by atoms with Gasteiger partial charge in [0.25, 0.3) is 0 Å². The van der Waals surface area contributed by atoms with E-state index in [4.69, 9.17) is 0 Å². The van der Waals surface area contributed by atoms with Crippen LogP contribution in [0.25, 0.3) is 0 Å². The SMILES string of the molecule is CCCC[C@@H](c1cc(C(F)(F)F)cc(C(F)(F)F)c1)N1CCNCC1.Cl. The fraction of sp³-hybridized carbons (Fsp3) is 0.647. The number of nitrogens with one attached hydrogen (secondary N) is 1. The summed E-state index contributed by atoms with van der Waals surface area (Å²) in [5.74, 6) is 0. The predicted octanol–water partition coefficient (Wildman–Crippen LogP) is 5.28. The van der Waals surface area contributed by atoms with E-state index in [0.29, 0.717) is 32.6 Å². The summed E-state index contributed by atoms with van der Waals surface area (Å²) < 4.78 is 78.6. The molecule has 1 aromatic carbocycles. The Balaban J connectivity index is 0.00000338. The maximum Gasteiger partial charge on any atom is 0.416 e. The normalized spacial score (nSPS) is 17.7. The van der Waals surface area contributed by atoms with Crippen LogP contribution < -0.4 is 5.32 Å². The minimum Gasteiger partial charge on any atom is -0.314 e. The molecule has 1 aliphatic rings. The van der Waals surface area contributed by atoms with Gasteiger partial charge in [0.15, 0.2) is 0 Å². The second kappa shape index (κ2) is 9.28. The molecule has 0 aliphatic carbocycles. The molecule has 0 unspecified atom stereocenters. The zero-order chi connectivity index (χ0) is 18.7. The van der Waals surface area contributed by atoms with Gasteiger partial charge in [-0.15, -0.1) is 12.4 Å². The van der Waals surface area contributed by atoms with Crippen LogP contribution in [0.3, 0.4) is 0 Å². The highest BCUT2D eigenvalue weighted by Crippen LogP contribution is 2.39. The molecule has 0 aromatic heterocycles. The molecule has 0 saturated carbocycles. The van der Waals surface area contributed by atoms with Gasteiger partial charge >= 0.3 is 12.4 Å². The van der Waals surface area contributed by atoms with E-state index in [1.165, 1.54) is 0 Å². The van der Waals surface area contributed by atoms with Crippen molar-refractivity contribution in [2.45, 2.75) is 44.6 Å². The van der Waals surface area contributed by atoms with Crippen LogP contribution in [0.5, 0.6) is 0 Å². The zero-order valence-corrected chi connectivity index (χ0v) is 15.2. The lowest BCUT2D eigenvalue weighted by Gasteiger charge is -2.36. The van der Waals surface area contributed by atoms with Gasteiger partial charge < -0.3 is 5.32 Å². The van der Waals surface area contributed by atoms with E-state index in [1.807, 2.05) is 11.8 Å². The second-order valence-electron chi connectivity index (χ2n) is 6.28. The number of unbranched alkanes of at least 4 members (excludes halogenated alkanes) is 1. The van der Waals surface area contributed by atoms with Crippen LogP contribution in [0.4, 0.5) is 26.3 Å². The van der Waals surface area contributed by atoms with Crippen molar-refractivity contribution < 1.29 is 26.3 Å². The molecule has 1 N–H and O–H groups in total. The number of hydrogen-bond donors (Lipinski definition) is 1. The van der Waals surface area contributed by atoms with Crippen LogP contribution in [0.1, 0.15) is 48.9 Å². The number of benzene rings is 1. The molecular formula is C17H23ClF6N2. The van der Waals surface area contributed by atoms with Crippen molar-refractivity contribution >= 4 is 12.4 Å². The van der Waals surface area contributed by atoms with Crippen molar-refractivity contribution in [2.75, 3.05) is 26.2 Å². The Labute approximate surface area is 155 Å². The first kappa shape index (κ1) is 23.0. The molecule has 1 heterocycles. The molecule has 9 heteroatoms. The number of nitrogens with zero attached hydrogens (tertiary/aromatic N) is 1. The molecule has 0 radical (unpaired) electrons. The Morgan fingerprint density at radius 2 is 1.46 bits per heavy atom. The summed E-state index contributed by atoms with van der Waals surface area (Å²) in [6.07, 6.45) is -7.52. The summed E-state index contributed by atoms with van der Waals surface area (Å²) >= 11 is 0. The molecule has 1 atom stereocenters. The fourth-order valence-corrected chi connectivity index (χ4v) is 3.12. The maximum atomic E-state index is 13.1. The summed E-state index contributed by atoms with van der Waals surface area (Å²) in [7, 11) is 0. The summed E-state index contributed by atoms with van der Waals surface area (Å²) in [4.78, 5) is 1.97. The first-order valence-corrected chi connectivity index (χ1v) is 8.37. The molecule has 1 saturated heterocycles. The van der Waals surface area contributed by atoms with E-state index < -0.39 is 29.5 Å². The number of piperazine rings is 1. The first-order valence-electron chi connectivity index (χ1n) is 8.37. The molecule has 0 bridgehead atoms. The highest BCUT2D eigenvalue weighted by molar-refractivity contribution is 5.85. The number of hydrogen-bond acceptors (Lipinski definition) is 2. The van der Waals surface area contributed by atoms with E-state index >= 15 is 0 Å². The second-order valence-corrected chi connectivity index (χ2v) is 6.28. The Morgan fingerprint density at radius 3 is 1.88 bits per heavy atom. The minimum absolute atomic E-state index is 0. The average Bonchev–Trinajstić information content (AvgIpc) is 2.54. The summed E-state index contributed by atoms with van der Waals surface area (Å²) in [5.41, 5.74) is -2.39. The van der Waals surface area contributed by atoms with E-state index in [2.05, 4.69) is 5.32 Å². The molecule has 0 amide bonds. The third-order valence-electron chi connectivity index (χ3n) is 4.42. The third kappa shape index (κ3) is 6.03. The lowest BCUT2D eigenvalue weighted by atomic mass is 9.94. The van der Waals surface area contributed by atoms with Gasteiger partial charge in [0.1, 0.15) is 0 Å². The van der Waals surface area contributed by atoms with Crippen molar-refractivity contribution in [1.82, 2.24) is 10.2 Å². The average molecular weight is 405 g/mol. The van der Waals surface area contributed by atoms with Gasteiger partial charge in [-0.3, -0.25) is 4.90 Å². The smallest absolute Gasteiger partial charge is 0.314 e. The zero-order valence-electron chi connectivity index (χ0n) is 14.4. The van der Waals surface area contributed by atoms with Gasteiger partial charge in [-0.2, -0.15) is 26.3 Å². The summed E-state index contributed by atoms with van der Waals surface area (Å²) in [6, 6.07) is 1.50. The van der Waals surface area contributed by atoms with Crippen LogP contribution in [0.2, 0.25) is 0 Å². The quantitative estimate of drug-likeness (QED) is 0.671. The number of rotatable bonds is 5. The standard InChI is InChI=1S/C17H22F6N2.ClH/c1-2-3-4-15(25-7-5-24-6-8-25)12-9-13(16(18,19)20)11-14(10-12)17(21,22)23;/h9-11,15,24H,2-8H2,1H3;1H/t15-;/m0./s1. The fourth-order valence-electron chi connectivity index (χ4n) is 3.12. The largest absolute Gasteiger partial charge is 0.416 e. The molecule has 2 nitrogen and oxygen atoms in total. The summed E-state index contributed by atoms with van der Waals surface area (Å²) in [6.45, 7) is 4.50. The Bertz CT molecular complexity index is 535. The van der Waals surface area contributed by atoms with Crippen LogP contribution in [-0.2, 0) is 12.4 Å². The molecule has 26 heavy (non-hydrogen) atoms. The van der Waals surface area contributed by atoms with Crippen LogP contribution in [0, 0.1) is 0 Å². The van der Waals surface area contributed by atoms with Crippen molar-refractivity contribution in [3.63, 3.8) is 0 Å². The van der Waals surface area contributed by atoms with E-state index in [1.54, 1.807) is 0 Å². The molecule has 1 aliphatic heterocycles. The lowest BCUT2D eigenvalue weighted by molar-refractivity contribution is -0.143. The molecular weight excluding hydrogens is 382 g/mol. The van der Waals surface area contributed by atoms with E-state index in [-0.39, 0.29) is 24.0 Å². The third-order valence-corrected chi connectivity index (χ3v) is 4.42. The van der Waals surface area contributed by atoms with Crippen molar-refractivity contribution in [2.24, 2.45) is 0 Å². The minimum atomic E-state index is -4.81. The molecule has 150 valence electrons. The Hall–Kier alpha value is -0.990. The Kier molecular flexibility index (Phi) is 8.23. The van der Waals surface area contributed by atoms with Crippen LogP contribution in [0.15, 0.2) is 18.2 Å². The van der Waals surface area contributed by atoms with Crippen molar-refractivity contribution in [1.29, 1.82) is 0 Å². The Morgan fingerprint density at radius 1 is 0.962 bits per heavy atom. The number of halogens is 7. The van der Waals surface area contributed by atoms with Gasteiger partial charge in [0.05, 0.1) is 11.1 Å². The lowest BCUT2D eigenvalue weighted by Crippen LogP contribution is -2.45. The van der Waals surface area contributed by atoms with Crippen LogP contribution >= 0.6 is 12.4 Å². The van der Waals surface area contributed by atoms with Gasteiger partial charge in [0.2, 0.25) is 0 Å². The van der Waals surface area contributed by atoms with Crippen molar-refractivity contribution in [3.8, 4) is 0 Å². The summed E-state index contributed by atoms with van der Waals surface area (Å²) in [5, 5.41) is 3.15. The predicted molar refractivity (Wildman–Crippen MR) is 90.4 cm³/mol. The topological polar surface area (TPSA) is 15.3 Å². The van der Waals surface area contributed by atoms with E-state index in [0.717, 1.165) is 25.0 Å². The molecule has 1 fully saturated rings. The molecule has 2 rings (SSSR count). The highest BCUT2D eigenvalue weighted by atomic mass is 35.5. The monoisotopic (exact) mass is 404 g/mol. The molecule has 1 aromatic rings. The maximum absolute atomic E-state index is 13.1. The highest BCUT2D eigenvalue weighted by Gasteiger charge is 2.38. The number of alkyl halides is 6. The van der Waals surface area contributed by atoms with E-state index in [9.17, 15) is 26.3 Å². The van der Waals surface area contributed by atoms with Crippen LogP contribution in [-0.4, -0.2) is 31.1 Å². The van der Waals surface area contributed by atoms with Gasteiger partial charge in [-0.05, 0) is 30.2 Å². The van der Waals surface area contributed by atoms with Gasteiger partial charge in [-0.25, -0.2) is 0 Å². The first-order chi connectivity index (χ1) is 11.6. The van der Waals surface area contributed by atoms with Gasteiger partial charge in [0, 0.05) is 32.2 Å². The van der Waals surface area contributed by atoms with Gasteiger partial charge in [-0.1, -0.05) is 19.8 Å².